The molecule has 126 valence electrons. The van der Waals surface area contributed by atoms with E-state index in [9.17, 15) is 0 Å². The second-order valence-electron chi connectivity index (χ2n) is 5.91. The predicted molar refractivity (Wildman–Crippen MR) is 97.0 cm³/mol. The van der Waals surface area contributed by atoms with Crippen molar-refractivity contribution in [2.45, 2.75) is 39.5 Å². The van der Waals surface area contributed by atoms with E-state index < -0.39 is 0 Å². The first-order valence-corrected chi connectivity index (χ1v) is 8.78. The van der Waals surface area contributed by atoms with Crippen LogP contribution in [0.4, 0.5) is 0 Å². The van der Waals surface area contributed by atoms with Gasteiger partial charge in [-0.15, -0.1) is 0 Å². The van der Waals surface area contributed by atoms with Crippen molar-refractivity contribution in [3.63, 3.8) is 0 Å². The average molecular weight is 315 g/mol. The molecule has 0 fully saturated rings. The number of unbranched alkanes of at least 4 members (excludes halogenated alkanes) is 2. The summed E-state index contributed by atoms with van der Waals surface area (Å²) in [6.07, 6.45) is 13.7. The van der Waals surface area contributed by atoms with Crippen molar-refractivity contribution in [3.05, 3.63) is 42.0 Å². The van der Waals surface area contributed by atoms with Crippen LogP contribution in [0, 0.1) is 0 Å². The van der Waals surface area contributed by atoms with Gasteiger partial charge in [0, 0.05) is 6.54 Å². The van der Waals surface area contributed by atoms with Crippen LogP contribution in [-0.2, 0) is 0 Å². The monoisotopic (exact) mass is 315 g/mol. The quantitative estimate of drug-likeness (QED) is 0.574. The molecule has 1 aliphatic rings. The van der Waals surface area contributed by atoms with Gasteiger partial charge in [0.25, 0.3) is 0 Å². The minimum absolute atomic E-state index is 0.327. The molecule has 3 heteroatoms. The summed E-state index contributed by atoms with van der Waals surface area (Å²) in [7, 11) is 0. The molecule has 1 aliphatic heterocycles. The minimum atomic E-state index is 0.327. The SMILES string of the molecule is CCCCN(C/C=C/C=C/c1ccc2c(c1)OCO2)CCCC. The Morgan fingerprint density at radius 2 is 1.74 bits per heavy atom. The largest absolute Gasteiger partial charge is 0.454 e. The maximum absolute atomic E-state index is 5.39. The second-order valence-corrected chi connectivity index (χ2v) is 5.91. The van der Waals surface area contributed by atoms with Crippen molar-refractivity contribution in [2.24, 2.45) is 0 Å². The van der Waals surface area contributed by atoms with E-state index >= 15 is 0 Å². The Bertz CT molecular complexity index is 514. The van der Waals surface area contributed by atoms with E-state index in [0.717, 1.165) is 23.6 Å². The Morgan fingerprint density at radius 3 is 2.48 bits per heavy atom. The van der Waals surface area contributed by atoms with E-state index in [0.29, 0.717) is 6.79 Å². The lowest BCUT2D eigenvalue weighted by Crippen LogP contribution is -2.26. The molecule has 2 rings (SSSR count). The van der Waals surface area contributed by atoms with Gasteiger partial charge in [0.2, 0.25) is 6.79 Å². The van der Waals surface area contributed by atoms with Crippen molar-refractivity contribution in [2.75, 3.05) is 26.4 Å². The molecule has 0 bridgehead atoms. The maximum Gasteiger partial charge on any atom is 0.231 e. The summed E-state index contributed by atoms with van der Waals surface area (Å²) in [5, 5.41) is 0. The first-order chi connectivity index (χ1) is 11.3. The van der Waals surface area contributed by atoms with Crippen LogP contribution in [0.1, 0.15) is 45.1 Å². The van der Waals surface area contributed by atoms with Gasteiger partial charge in [0.15, 0.2) is 11.5 Å². The van der Waals surface area contributed by atoms with Gasteiger partial charge in [0.1, 0.15) is 0 Å². The van der Waals surface area contributed by atoms with Gasteiger partial charge < -0.3 is 9.47 Å². The zero-order valence-corrected chi connectivity index (χ0v) is 14.5. The minimum Gasteiger partial charge on any atom is -0.454 e. The maximum atomic E-state index is 5.39. The highest BCUT2D eigenvalue weighted by molar-refractivity contribution is 5.57. The Hall–Kier alpha value is -1.74. The van der Waals surface area contributed by atoms with Crippen LogP contribution >= 0.6 is 0 Å². The number of allylic oxidation sites excluding steroid dienone is 2. The van der Waals surface area contributed by atoms with Crippen LogP contribution in [-0.4, -0.2) is 31.3 Å². The molecule has 0 unspecified atom stereocenters. The summed E-state index contributed by atoms with van der Waals surface area (Å²) in [4.78, 5) is 2.54. The topological polar surface area (TPSA) is 21.7 Å². The van der Waals surface area contributed by atoms with Gasteiger partial charge in [-0.05, 0) is 43.6 Å². The highest BCUT2D eigenvalue weighted by atomic mass is 16.7. The van der Waals surface area contributed by atoms with Crippen LogP contribution < -0.4 is 9.47 Å². The van der Waals surface area contributed by atoms with Crippen molar-refractivity contribution < 1.29 is 9.47 Å². The fourth-order valence-electron chi connectivity index (χ4n) is 2.53. The summed E-state index contributed by atoms with van der Waals surface area (Å²) in [6.45, 7) is 8.27. The van der Waals surface area contributed by atoms with Crippen LogP contribution in [0.5, 0.6) is 11.5 Å². The molecule has 0 aliphatic carbocycles. The molecule has 1 aromatic carbocycles. The molecule has 0 aromatic heterocycles. The van der Waals surface area contributed by atoms with Crippen molar-refractivity contribution in [1.29, 1.82) is 0 Å². The Balaban J connectivity index is 1.79. The normalized spacial score (nSPS) is 13.7. The van der Waals surface area contributed by atoms with Gasteiger partial charge in [-0.3, -0.25) is 4.90 Å². The lowest BCUT2D eigenvalue weighted by molar-refractivity contribution is 0.174. The molecule has 0 saturated heterocycles. The highest BCUT2D eigenvalue weighted by Crippen LogP contribution is 2.32. The molecule has 0 amide bonds. The van der Waals surface area contributed by atoms with Crippen LogP contribution in [0.25, 0.3) is 6.08 Å². The van der Waals surface area contributed by atoms with Gasteiger partial charge >= 0.3 is 0 Å². The van der Waals surface area contributed by atoms with Gasteiger partial charge in [-0.1, -0.05) is 57.1 Å². The van der Waals surface area contributed by atoms with Crippen molar-refractivity contribution >= 4 is 6.08 Å². The molecule has 1 heterocycles. The smallest absolute Gasteiger partial charge is 0.231 e. The predicted octanol–water partition coefficient (Wildman–Crippen LogP) is 4.89. The zero-order chi connectivity index (χ0) is 16.3. The zero-order valence-electron chi connectivity index (χ0n) is 14.5. The molecule has 0 N–H and O–H groups in total. The summed E-state index contributed by atoms with van der Waals surface area (Å²) >= 11 is 0. The van der Waals surface area contributed by atoms with Gasteiger partial charge in [0.05, 0.1) is 0 Å². The number of benzene rings is 1. The standard InChI is InChI=1S/C20H29NO2/c1-3-5-13-21(14-6-4-2)15-9-7-8-10-18-11-12-19-20(16-18)23-17-22-19/h7-12,16H,3-6,13-15,17H2,1-2H3/b9-7+,10-8+. The fraction of sp³-hybridized carbons (Fsp3) is 0.500. The summed E-state index contributed by atoms with van der Waals surface area (Å²) in [5.74, 6) is 1.67. The van der Waals surface area contributed by atoms with Crippen molar-refractivity contribution in [3.8, 4) is 11.5 Å². The number of hydrogen-bond acceptors (Lipinski definition) is 3. The lowest BCUT2D eigenvalue weighted by atomic mass is 10.2. The van der Waals surface area contributed by atoms with Crippen molar-refractivity contribution in [1.82, 2.24) is 4.90 Å². The second kappa shape index (κ2) is 10.1. The van der Waals surface area contributed by atoms with E-state index in [1.807, 2.05) is 18.2 Å². The Morgan fingerprint density at radius 1 is 1.00 bits per heavy atom. The summed E-state index contributed by atoms with van der Waals surface area (Å²) in [5.41, 5.74) is 1.13. The van der Waals surface area contributed by atoms with Crippen LogP contribution in [0.15, 0.2) is 36.4 Å². The van der Waals surface area contributed by atoms with Gasteiger partial charge in [-0.2, -0.15) is 0 Å². The summed E-state index contributed by atoms with van der Waals surface area (Å²) < 4.78 is 10.7. The van der Waals surface area contributed by atoms with E-state index in [4.69, 9.17) is 9.47 Å². The molecular weight excluding hydrogens is 286 g/mol. The average Bonchev–Trinajstić information content (AvgIpc) is 3.04. The lowest BCUT2D eigenvalue weighted by Gasteiger charge is -2.19. The highest BCUT2D eigenvalue weighted by Gasteiger charge is 2.11. The number of rotatable bonds is 10. The van der Waals surface area contributed by atoms with Gasteiger partial charge in [-0.25, -0.2) is 0 Å². The molecule has 0 radical (unpaired) electrons. The Labute approximate surface area is 140 Å². The first-order valence-electron chi connectivity index (χ1n) is 8.78. The molecule has 0 saturated carbocycles. The third kappa shape index (κ3) is 6.11. The van der Waals surface area contributed by atoms with E-state index in [1.54, 1.807) is 0 Å². The number of hydrogen-bond donors (Lipinski definition) is 0. The number of fused-ring (bicyclic) bond motifs is 1. The molecular formula is C20H29NO2. The van der Waals surface area contributed by atoms with Crippen LogP contribution in [0.3, 0.4) is 0 Å². The molecule has 3 nitrogen and oxygen atoms in total. The molecule has 0 atom stereocenters. The van der Waals surface area contributed by atoms with Crippen LogP contribution in [0.2, 0.25) is 0 Å². The number of ether oxygens (including phenoxy) is 2. The third-order valence-electron chi connectivity index (χ3n) is 3.95. The third-order valence-corrected chi connectivity index (χ3v) is 3.95. The van der Waals surface area contributed by atoms with E-state index in [2.05, 4.69) is 43.1 Å². The Kier molecular flexibility index (Phi) is 7.74. The molecule has 1 aromatic rings. The van der Waals surface area contributed by atoms with E-state index in [1.165, 1.54) is 38.8 Å². The number of nitrogens with zero attached hydrogens (tertiary/aromatic N) is 1. The summed E-state index contributed by atoms with van der Waals surface area (Å²) in [6, 6.07) is 6.02. The molecule has 0 spiro atoms. The van der Waals surface area contributed by atoms with E-state index in [-0.39, 0.29) is 0 Å². The first kappa shape index (κ1) is 17.6. The molecule has 23 heavy (non-hydrogen) atoms. The fourth-order valence-corrected chi connectivity index (χ4v) is 2.53.